The van der Waals surface area contributed by atoms with Gasteiger partial charge in [0.2, 0.25) is 0 Å². The Kier molecular flexibility index (Phi) is 1.92. The van der Waals surface area contributed by atoms with E-state index < -0.39 is 0 Å². The Bertz CT molecular complexity index is 483. The molecular formula is C10H6N2O2. The average Bonchev–Trinajstić information content (AvgIpc) is 2.71. The van der Waals surface area contributed by atoms with Crippen LogP contribution in [-0.4, -0.2) is 10.1 Å². The van der Waals surface area contributed by atoms with Crippen LogP contribution < -0.4 is 0 Å². The van der Waals surface area contributed by atoms with Gasteiger partial charge >= 0.3 is 0 Å². The maximum Gasteiger partial charge on any atom is 0.183 e. The Morgan fingerprint density at radius 2 is 2.29 bits per heavy atom. The van der Waals surface area contributed by atoms with Gasteiger partial charge in [0.15, 0.2) is 11.4 Å². The van der Waals surface area contributed by atoms with Crippen LogP contribution in [0, 0.1) is 11.3 Å². The van der Waals surface area contributed by atoms with Gasteiger partial charge in [0.25, 0.3) is 0 Å². The van der Waals surface area contributed by atoms with Gasteiger partial charge in [-0.15, -0.1) is 0 Å². The predicted molar refractivity (Wildman–Crippen MR) is 48.3 cm³/mol. The molecule has 0 radical (unpaired) electrons. The van der Waals surface area contributed by atoms with Crippen LogP contribution >= 0.6 is 0 Å². The zero-order valence-corrected chi connectivity index (χ0v) is 7.14. The zero-order valence-electron chi connectivity index (χ0n) is 7.14. The van der Waals surface area contributed by atoms with Gasteiger partial charge in [0.1, 0.15) is 11.8 Å². The third-order valence-corrected chi connectivity index (χ3v) is 1.82. The number of aromatic hydroxyl groups is 1. The highest BCUT2D eigenvalue weighted by Crippen LogP contribution is 2.30. The van der Waals surface area contributed by atoms with Crippen LogP contribution in [0.2, 0.25) is 0 Å². The molecule has 2 aromatic heterocycles. The van der Waals surface area contributed by atoms with Crippen LogP contribution in [0.5, 0.6) is 5.75 Å². The van der Waals surface area contributed by atoms with Crippen molar-refractivity contribution in [2.75, 3.05) is 0 Å². The smallest absolute Gasteiger partial charge is 0.183 e. The number of pyridine rings is 1. The van der Waals surface area contributed by atoms with Crippen molar-refractivity contribution in [3.8, 4) is 23.1 Å². The molecule has 1 N–H and O–H groups in total. The summed E-state index contributed by atoms with van der Waals surface area (Å²) in [4.78, 5) is 3.71. The Hall–Kier alpha value is -2.28. The van der Waals surface area contributed by atoms with Crippen molar-refractivity contribution >= 4 is 0 Å². The summed E-state index contributed by atoms with van der Waals surface area (Å²) < 4.78 is 5.10. The number of furan rings is 1. The number of hydrogen-bond acceptors (Lipinski definition) is 4. The molecule has 0 bridgehead atoms. The molecule has 0 saturated heterocycles. The van der Waals surface area contributed by atoms with E-state index in [1.807, 2.05) is 0 Å². The Morgan fingerprint density at radius 1 is 1.43 bits per heavy atom. The second-order valence-electron chi connectivity index (χ2n) is 2.64. The largest absolute Gasteiger partial charge is 0.504 e. The molecule has 0 aliphatic heterocycles. The van der Waals surface area contributed by atoms with Crippen molar-refractivity contribution in [3.05, 3.63) is 36.4 Å². The summed E-state index contributed by atoms with van der Waals surface area (Å²) >= 11 is 0. The second kappa shape index (κ2) is 3.23. The van der Waals surface area contributed by atoms with Crippen molar-refractivity contribution in [1.82, 2.24) is 4.98 Å². The molecule has 0 spiro atoms. The SMILES string of the molecule is N#Cc1nccc(-c2ccco2)c1O. The van der Waals surface area contributed by atoms with E-state index in [1.165, 1.54) is 12.5 Å². The molecule has 0 saturated carbocycles. The minimum atomic E-state index is -0.148. The van der Waals surface area contributed by atoms with Gasteiger partial charge in [0, 0.05) is 6.20 Å². The second-order valence-corrected chi connectivity index (χ2v) is 2.64. The van der Waals surface area contributed by atoms with Crippen molar-refractivity contribution in [3.63, 3.8) is 0 Å². The van der Waals surface area contributed by atoms with Crippen molar-refractivity contribution in [2.24, 2.45) is 0 Å². The van der Waals surface area contributed by atoms with E-state index in [0.29, 0.717) is 11.3 Å². The van der Waals surface area contributed by atoms with Crippen LogP contribution in [0.15, 0.2) is 35.1 Å². The van der Waals surface area contributed by atoms with E-state index in [9.17, 15) is 5.11 Å². The maximum absolute atomic E-state index is 9.62. The highest BCUT2D eigenvalue weighted by Gasteiger charge is 2.11. The number of nitrogens with zero attached hydrogens (tertiary/aromatic N) is 2. The molecule has 14 heavy (non-hydrogen) atoms. The summed E-state index contributed by atoms with van der Waals surface area (Å²) in [5, 5.41) is 18.3. The van der Waals surface area contributed by atoms with Crippen LogP contribution in [0.4, 0.5) is 0 Å². The molecular weight excluding hydrogens is 180 g/mol. The molecule has 2 heterocycles. The van der Waals surface area contributed by atoms with Gasteiger partial charge < -0.3 is 9.52 Å². The summed E-state index contributed by atoms with van der Waals surface area (Å²) in [5.74, 6) is 0.367. The summed E-state index contributed by atoms with van der Waals surface area (Å²) in [7, 11) is 0. The molecule has 0 amide bonds. The van der Waals surface area contributed by atoms with Crippen molar-refractivity contribution in [2.45, 2.75) is 0 Å². The standard InChI is InChI=1S/C10H6N2O2/c11-6-8-10(13)7(3-4-12-8)9-2-1-5-14-9/h1-5,13H. The molecule has 2 rings (SSSR count). The van der Waals surface area contributed by atoms with Crippen LogP contribution in [0.3, 0.4) is 0 Å². The first-order chi connectivity index (χ1) is 6.83. The lowest BCUT2D eigenvalue weighted by Crippen LogP contribution is -1.85. The first-order valence-electron chi connectivity index (χ1n) is 3.95. The molecule has 2 aromatic rings. The molecule has 0 aliphatic rings. The van der Waals surface area contributed by atoms with E-state index in [4.69, 9.17) is 9.68 Å². The number of rotatable bonds is 1. The number of nitriles is 1. The highest BCUT2D eigenvalue weighted by molar-refractivity contribution is 5.67. The third kappa shape index (κ3) is 1.21. The predicted octanol–water partition coefficient (Wildman–Crippen LogP) is 1.92. The van der Waals surface area contributed by atoms with Gasteiger partial charge in [-0.3, -0.25) is 0 Å². The molecule has 0 fully saturated rings. The fourth-order valence-corrected chi connectivity index (χ4v) is 1.17. The Morgan fingerprint density at radius 3 is 2.93 bits per heavy atom. The molecule has 0 aliphatic carbocycles. The minimum Gasteiger partial charge on any atom is -0.504 e. The minimum absolute atomic E-state index is 0.00102. The Labute approximate surface area is 80.1 Å². The van der Waals surface area contributed by atoms with E-state index in [0.717, 1.165) is 0 Å². The first-order valence-corrected chi connectivity index (χ1v) is 3.95. The monoisotopic (exact) mass is 186 g/mol. The van der Waals surface area contributed by atoms with Crippen molar-refractivity contribution < 1.29 is 9.52 Å². The Balaban J connectivity index is 2.61. The number of aromatic nitrogens is 1. The van der Waals surface area contributed by atoms with Crippen LogP contribution in [-0.2, 0) is 0 Å². The third-order valence-electron chi connectivity index (χ3n) is 1.82. The maximum atomic E-state index is 9.62. The molecule has 4 nitrogen and oxygen atoms in total. The van der Waals surface area contributed by atoms with Crippen molar-refractivity contribution in [1.29, 1.82) is 5.26 Å². The normalized spacial score (nSPS) is 9.64. The summed E-state index contributed by atoms with van der Waals surface area (Å²) in [6.45, 7) is 0. The van der Waals surface area contributed by atoms with Crippen LogP contribution in [0.1, 0.15) is 5.69 Å². The quantitative estimate of drug-likeness (QED) is 0.738. The zero-order chi connectivity index (χ0) is 9.97. The lowest BCUT2D eigenvalue weighted by Gasteiger charge is -2.00. The first kappa shape index (κ1) is 8.32. The van der Waals surface area contributed by atoms with E-state index >= 15 is 0 Å². The summed E-state index contributed by atoms with van der Waals surface area (Å²) in [6.07, 6.45) is 2.96. The lowest BCUT2D eigenvalue weighted by atomic mass is 10.1. The number of hydrogen-bond donors (Lipinski definition) is 1. The van der Waals surface area contributed by atoms with Gasteiger partial charge in [0.05, 0.1) is 11.8 Å². The topological polar surface area (TPSA) is 70.0 Å². The van der Waals surface area contributed by atoms with Gasteiger partial charge in [-0.25, -0.2) is 4.98 Å². The van der Waals surface area contributed by atoms with E-state index in [2.05, 4.69) is 4.98 Å². The molecule has 0 atom stereocenters. The molecule has 0 unspecified atom stereocenters. The average molecular weight is 186 g/mol. The highest BCUT2D eigenvalue weighted by atomic mass is 16.3. The van der Waals surface area contributed by atoms with E-state index in [-0.39, 0.29) is 11.4 Å². The van der Waals surface area contributed by atoms with E-state index in [1.54, 1.807) is 24.3 Å². The van der Waals surface area contributed by atoms with Gasteiger partial charge in [-0.2, -0.15) is 5.26 Å². The fraction of sp³-hybridized carbons (Fsp3) is 0. The summed E-state index contributed by atoms with van der Waals surface area (Å²) in [5.41, 5.74) is 0.473. The lowest BCUT2D eigenvalue weighted by molar-refractivity contribution is 0.469. The molecule has 4 heteroatoms. The summed E-state index contributed by atoms with van der Waals surface area (Å²) in [6, 6.07) is 6.80. The van der Waals surface area contributed by atoms with Crippen LogP contribution in [0.25, 0.3) is 11.3 Å². The fourth-order valence-electron chi connectivity index (χ4n) is 1.17. The molecule has 68 valence electrons. The molecule has 0 aromatic carbocycles. The van der Waals surface area contributed by atoms with Gasteiger partial charge in [-0.05, 0) is 18.2 Å². The van der Waals surface area contributed by atoms with Gasteiger partial charge in [-0.1, -0.05) is 0 Å².